The largest absolute Gasteiger partial charge is 0.322 e. The molecule has 0 saturated carbocycles. The molecule has 2 rings (SSSR count). The van der Waals surface area contributed by atoms with Crippen LogP contribution in [0.25, 0.3) is 0 Å². The molecule has 0 saturated heterocycles. The fourth-order valence-corrected chi connectivity index (χ4v) is 1.63. The van der Waals surface area contributed by atoms with E-state index in [0.29, 0.717) is 22.6 Å². The predicted octanol–water partition coefficient (Wildman–Crippen LogP) is 1.80. The van der Waals surface area contributed by atoms with Gasteiger partial charge in [-0.05, 0) is 36.8 Å². The van der Waals surface area contributed by atoms with Crippen LogP contribution in [0.15, 0.2) is 36.5 Å². The van der Waals surface area contributed by atoms with Crippen LogP contribution in [0.2, 0.25) is 0 Å². The molecule has 1 aromatic carbocycles. The summed E-state index contributed by atoms with van der Waals surface area (Å²) in [6, 6.07) is 10.4. The molecule has 0 aliphatic carbocycles. The van der Waals surface area contributed by atoms with Gasteiger partial charge in [-0.15, -0.1) is 0 Å². The second-order valence-electron chi connectivity index (χ2n) is 4.17. The van der Waals surface area contributed by atoms with Crippen LogP contribution in [-0.4, -0.2) is 10.9 Å². The van der Waals surface area contributed by atoms with E-state index < -0.39 is 0 Å². The van der Waals surface area contributed by atoms with Gasteiger partial charge in [0.1, 0.15) is 5.82 Å². The van der Waals surface area contributed by atoms with Crippen LogP contribution in [0.1, 0.15) is 21.5 Å². The summed E-state index contributed by atoms with van der Waals surface area (Å²) in [5, 5.41) is 11.6. The molecular formula is C14H13N5O. The number of aromatic nitrogens is 1. The third kappa shape index (κ3) is 2.91. The number of nitrogens with two attached hydrogens (primary N) is 1. The number of hydrazine groups is 1. The molecule has 20 heavy (non-hydrogen) atoms. The molecule has 1 aromatic heterocycles. The predicted molar refractivity (Wildman–Crippen MR) is 75.9 cm³/mol. The Kier molecular flexibility index (Phi) is 3.93. The van der Waals surface area contributed by atoms with Gasteiger partial charge in [-0.3, -0.25) is 4.79 Å². The number of pyridine rings is 1. The number of hydrogen-bond acceptors (Lipinski definition) is 5. The first-order chi connectivity index (χ1) is 9.63. The minimum Gasteiger partial charge on any atom is -0.322 e. The maximum absolute atomic E-state index is 12.1. The molecule has 2 aromatic rings. The highest BCUT2D eigenvalue weighted by atomic mass is 16.1. The van der Waals surface area contributed by atoms with E-state index in [1.807, 2.05) is 13.0 Å². The Morgan fingerprint density at radius 2 is 2.15 bits per heavy atom. The van der Waals surface area contributed by atoms with Crippen LogP contribution in [0.3, 0.4) is 0 Å². The number of rotatable bonds is 3. The van der Waals surface area contributed by atoms with Crippen LogP contribution >= 0.6 is 0 Å². The lowest BCUT2D eigenvalue weighted by molar-refractivity contribution is 0.102. The van der Waals surface area contributed by atoms with Crippen molar-refractivity contribution in [2.75, 3.05) is 10.7 Å². The Bertz CT molecular complexity index is 673. The van der Waals surface area contributed by atoms with Crippen LogP contribution in [0.5, 0.6) is 0 Å². The lowest BCUT2D eigenvalue weighted by Crippen LogP contribution is -2.14. The van der Waals surface area contributed by atoms with Crippen molar-refractivity contribution in [3.63, 3.8) is 0 Å². The Morgan fingerprint density at radius 3 is 2.75 bits per heavy atom. The summed E-state index contributed by atoms with van der Waals surface area (Å²) in [5.41, 5.74) is 4.78. The molecule has 6 nitrogen and oxygen atoms in total. The number of anilines is 2. The second-order valence-corrected chi connectivity index (χ2v) is 4.17. The first-order valence-electron chi connectivity index (χ1n) is 5.89. The number of nitrogens with one attached hydrogen (secondary N) is 2. The van der Waals surface area contributed by atoms with E-state index in [-0.39, 0.29) is 5.91 Å². The Morgan fingerprint density at radius 1 is 1.35 bits per heavy atom. The van der Waals surface area contributed by atoms with E-state index in [2.05, 4.69) is 15.7 Å². The number of hydrogen-bond donors (Lipinski definition) is 3. The quantitative estimate of drug-likeness (QED) is 0.581. The third-order valence-electron chi connectivity index (χ3n) is 2.79. The topological polar surface area (TPSA) is 104 Å². The maximum atomic E-state index is 12.1. The molecule has 4 N–H and O–H groups in total. The summed E-state index contributed by atoms with van der Waals surface area (Å²) in [7, 11) is 0. The lowest BCUT2D eigenvalue weighted by Gasteiger charge is -2.09. The zero-order valence-electron chi connectivity index (χ0n) is 10.8. The maximum Gasteiger partial charge on any atom is 0.257 e. The fourth-order valence-electron chi connectivity index (χ4n) is 1.63. The molecule has 6 heteroatoms. The molecule has 0 aliphatic heterocycles. The highest BCUT2D eigenvalue weighted by Gasteiger charge is 2.09. The van der Waals surface area contributed by atoms with Gasteiger partial charge < -0.3 is 10.7 Å². The van der Waals surface area contributed by atoms with Gasteiger partial charge >= 0.3 is 0 Å². The van der Waals surface area contributed by atoms with Gasteiger partial charge in [0.15, 0.2) is 0 Å². The third-order valence-corrected chi connectivity index (χ3v) is 2.79. The smallest absolute Gasteiger partial charge is 0.257 e. The molecular weight excluding hydrogens is 254 g/mol. The monoisotopic (exact) mass is 267 g/mol. The first-order valence-corrected chi connectivity index (χ1v) is 5.89. The number of nitrogen functional groups attached to an aromatic ring is 1. The van der Waals surface area contributed by atoms with Gasteiger partial charge in [0.2, 0.25) is 0 Å². The average molecular weight is 267 g/mol. The SMILES string of the molecule is Cc1ccc(C#N)cc1NC(=O)c1ccc(NN)nc1. The highest BCUT2D eigenvalue weighted by molar-refractivity contribution is 6.04. The molecule has 0 atom stereocenters. The highest BCUT2D eigenvalue weighted by Crippen LogP contribution is 2.17. The lowest BCUT2D eigenvalue weighted by atomic mass is 10.1. The standard InChI is InChI=1S/C14H13N5O/c1-9-2-3-10(7-15)6-12(9)18-14(20)11-4-5-13(19-16)17-8-11/h2-6,8H,16H2,1H3,(H,17,19)(H,18,20). The summed E-state index contributed by atoms with van der Waals surface area (Å²) >= 11 is 0. The summed E-state index contributed by atoms with van der Waals surface area (Å²) in [4.78, 5) is 16.0. The van der Waals surface area contributed by atoms with E-state index in [4.69, 9.17) is 11.1 Å². The minimum absolute atomic E-state index is 0.292. The van der Waals surface area contributed by atoms with Crippen molar-refractivity contribution in [2.45, 2.75) is 6.92 Å². The number of nitriles is 1. The van der Waals surface area contributed by atoms with Gasteiger partial charge in [-0.2, -0.15) is 5.26 Å². The molecule has 0 radical (unpaired) electrons. The Labute approximate surface area is 116 Å². The van der Waals surface area contributed by atoms with Crippen molar-refractivity contribution in [1.29, 1.82) is 5.26 Å². The van der Waals surface area contributed by atoms with Gasteiger partial charge in [0.25, 0.3) is 5.91 Å². The summed E-state index contributed by atoms with van der Waals surface area (Å²) in [5.74, 6) is 5.39. The van der Waals surface area contributed by atoms with Crippen molar-refractivity contribution in [3.05, 3.63) is 53.2 Å². The van der Waals surface area contributed by atoms with Gasteiger partial charge in [-0.1, -0.05) is 6.07 Å². The number of benzene rings is 1. The van der Waals surface area contributed by atoms with Crippen molar-refractivity contribution in [1.82, 2.24) is 4.98 Å². The summed E-state index contributed by atoms with van der Waals surface area (Å²) in [6.45, 7) is 1.86. The molecule has 1 heterocycles. The van der Waals surface area contributed by atoms with Crippen molar-refractivity contribution >= 4 is 17.4 Å². The molecule has 100 valence electrons. The number of carbonyl (C=O) groups is 1. The number of carbonyl (C=O) groups excluding carboxylic acids is 1. The van der Waals surface area contributed by atoms with E-state index in [9.17, 15) is 4.79 Å². The number of aryl methyl sites for hydroxylation is 1. The van der Waals surface area contributed by atoms with E-state index in [1.54, 1.807) is 30.3 Å². The number of amides is 1. The van der Waals surface area contributed by atoms with Gasteiger partial charge in [-0.25, -0.2) is 10.8 Å². The van der Waals surface area contributed by atoms with Crippen molar-refractivity contribution in [2.24, 2.45) is 5.84 Å². The minimum atomic E-state index is -0.292. The van der Waals surface area contributed by atoms with E-state index in [0.717, 1.165) is 5.56 Å². The normalized spacial score (nSPS) is 9.65. The first kappa shape index (κ1) is 13.5. The molecule has 0 fully saturated rings. The molecule has 0 aliphatic rings. The summed E-state index contributed by atoms with van der Waals surface area (Å²) < 4.78 is 0. The molecule has 0 unspecified atom stereocenters. The fraction of sp³-hybridized carbons (Fsp3) is 0.0714. The van der Waals surface area contributed by atoms with Gasteiger partial charge in [0, 0.05) is 11.9 Å². The van der Waals surface area contributed by atoms with Crippen LogP contribution in [-0.2, 0) is 0 Å². The van der Waals surface area contributed by atoms with Crippen LogP contribution in [0.4, 0.5) is 11.5 Å². The Hall–Kier alpha value is -2.91. The average Bonchev–Trinajstić information content (AvgIpc) is 2.49. The Balaban J connectivity index is 2.20. The van der Waals surface area contributed by atoms with Crippen LogP contribution < -0.4 is 16.6 Å². The molecule has 0 bridgehead atoms. The van der Waals surface area contributed by atoms with E-state index >= 15 is 0 Å². The zero-order valence-corrected chi connectivity index (χ0v) is 10.8. The van der Waals surface area contributed by atoms with E-state index in [1.165, 1.54) is 6.20 Å². The zero-order chi connectivity index (χ0) is 14.5. The molecule has 0 spiro atoms. The van der Waals surface area contributed by atoms with Crippen LogP contribution in [0, 0.1) is 18.3 Å². The van der Waals surface area contributed by atoms with Crippen molar-refractivity contribution in [3.8, 4) is 6.07 Å². The van der Waals surface area contributed by atoms with Gasteiger partial charge in [0.05, 0.1) is 17.2 Å². The molecule has 1 amide bonds. The number of nitrogens with zero attached hydrogens (tertiary/aromatic N) is 2. The summed E-state index contributed by atoms with van der Waals surface area (Å²) in [6.07, 6.45) is 1.42. The van der Waals surface area contributed by atoms with Crippen molar-refractivity contribution < 1.29 is 4.79 Å². The second kappa shape index (κ2) is 5.82.